The topological polar surface area (TPSA) is 142 Å². The molecule has 0 fully saturated rings. The number of carbonyl (C=O) groups is 4. The van der Waals surface area contributed by atoms with Gasteiger partial charge in [0, 0.05) is 12.8 Å². The molecule has 332 valence electrons. The van der Waals surface area contributed by atoms with Crippen LogP contribution in [0.4, 0.5) is 0 Å². The summed E-state index contributed by atoms with van der Waals surface area (Å²) >= 11 is 0. The molecule has 0 aliphatic heterocycles. The van der Waals surface area contributed by atoms with Gasteiger partial charge < -0.3 is 25.6 Å². The second-order valence-corrected chi connectivity index (χ2v) is 15.5. The maximum absolute atomic E-state index is 12.8. The smallest absolute Gasteiger partial charge is 0.328 e. The van der Waals surface area contributed by atoms with Crippen molar-refractivity contribution in [3.05, 3.63) is 60.8 Å². The lowest BCUT2D eigenvalue weighted by molar-refractivity contribution is -0.150. The van der Waals surface area contributed by atoms with Gasteiger partial charge >= 0.3 is 11.9 Å². The molecular weight excluding hydrogens is 729 g/mol. The van der Waals surface area contributed by atoms with Gasteiger partial charge in [-0.2, -0.15) is 0 Å². The third-order valence-corrected chi connectivity index (χ3v) is 10.0. The molecule has 0 aliphatic carbocycles. The number of aliphatic hydroxyl groups excluding tert-OH is 1. The fourth-order valence-corrected chi connectivity index (χ4v) is 6.51. The Bertz CT molecular complexity index is 1160. The van der Waals surface area contributed by atoms with E-state index < -0.39 is 24.5 Å². The van der Waals surface area contributed by atoms with E-state index in [4.69, 9.17) is 14.9 Å². The molecule has 4 N–H and O–H groups in total. The minimum Gasteiger partial charge on any atom is -0.480 e. The van der Waals surface area contributed by atoms with E-state index in [1.165, 1.54) is 64.2 Å². The van der Waals surface area contributed by atoms with Crippen LogP contribution in [0.25, 0.3) is 0 Å². The molecule has 0 bridgehead atoms. The van der Waals surface area contributed by atoms with Crippen LogP contribution in [-0.4, -0.2) is 59.3 Å². The fraction of sp³-hybridized carbons (Fsp3) is 0.714. The van der Waals surface area contributed by atoms with Gasteiger partial charge in [0.25, 0.3) is 0 Å². The second kappa shape index (κ2) is 43.1. The molecule has 58 heavy (non-hydrogen) atoms. The Labute approximate surface area is 353 Å². The van der Waals surface area contributed by atoms with E-state index in [1.54, 1.807) is 0 Å². The number of rotatable bonds is 41. The molecule has 0 rings (SSSR count). The highest BCUT2D eigenvalue weighted by molar-refractivity contribution is 5.87. The molecule has 9 nitrogen and oxygen atoms in total. The van der Waals surface area contributed by atoms with Crippen LogP contribution in [0.2, 0.25) is 0 Å². The standard InChI is InChI=1S/C49H84N2O7/c1-3-5-7-9-11-13-14-15-16-17-18-19-20-21-22-23-24-26-28-33-37-41-48(55)58-44(38-34-30-27-25-12-10-8-6-4-2)39-35-31-29-32-36-40-46(53)50-42-47(54)51-45(43-52)49(56)57/h5,7,11,13,15-16,18-19,21-22,44-45,52H,3-4,6,8-10,12,14,17,20,23-43H2,1-2H3,(H,50,53)(H,51,54)(H,56,57)/b7-5-,13-11-,16-15-,19-18-,22-21-. The van der Waals surface area contributed by atoms with Gasteiger partial charge in [0.2, 0.25) is 11.8 Å². The Morgan fingerprint density at radius 2 is 0.983 bits per heavy atom. The monoisotopic (exact) mass is 813 g/mol. The van der Waals surface area contributed by atoms with Crippen LogP contribution in [0.15, 0.2) is 60.8 Å². The average molecular weight is 813 g/mol. The molecule has 0 saturated carbocycles. The molecule has 0 aromatic heterocycles. The van der Waals surface area contributed by atoms with Crippen molar-refractivity contribution in [2.75, 3.05) is 13.2 Å². The van der Waals surface area contributed by atoms with Crippen molar-refractivity contribution in [1.82, 2.24) is 10.6 Å². The van der Waals surface area contributed by atoms with E-state index in [0.717, 1.165) is 103 Å². The molecule has 2 atom stereocenters. The summed E-state index contributed by atoms with van der Waals surface area (Å²) in [6.45, 7) is 3.36. The van der Waals surface area contributed by atoms with Gasteiger partial charge in [-0.1, -0.05) is 164 Å². The van der Waals surface area contributed by atoms with Crippen LogP contribution in [0, 0.1) is 0 Å². The summed E-state index contributed by atoms with van der Waals surface area (Å²) in [5.74, 6) is -2.31. The number of aliphatic hydroxyl groups is 1. The number of allylic oxidation sites excluding steroid dienone is 10. The fourth-order valence-electron chi connectivity index (χ4n) is 6.51. The Balaban J connectivity index is 4.24. The predicted molar refractivity (Wildman–Crippen MR) is 240 cm³/mol. The highest BCUT2D eigenvalue weighted by atomic mass is 16.5. The van der Waals surface area contributed by atoms with Gasteiger partial charge in [-0.25, -0.2) is 4.79 Å². The average Bonchev–Trinajstić information content (AvgIpc) is 3.21. The van der Waals surface area contributed by atoms with Crippen LogP contribution in [-0.2, 0) is 23.9 Å². The minimum absolute atomic E-state index is 0.0241. The van der Waals surface area contributed by atoms with E-state index in [0.29, 0.717) is 19.3 Å². The number of carboxylic acids is 1. The maximum atomic E-state index is 12.8. The lowest BCUT2D eigenvalue weighted by atomic mass is 10.0. The van der Waals surface area contributed by atoms with Crippen LogP contribution in [0.1, 0.15) is 200 Å². The SMILES string of the molecule is CC/C=C\C/C=C\C/C=C\C/C=C\C/C=C\CCCCCCCC(=O)OC(CCCCCCCCCCC)CCCCCCCC(=O)NCC(=O)NC(CO)C(=O)O. The highest BCUT2D eigenvalue weighted by Crippen LogP contribution is 2.19. The second-order valence-electron chi connectivity index (χ2n) is 15.5. The molecule has 0 radical (unpaired) electrons. The highest BCUT2D eigenvalue weighted by Gasteiger charge is 2.19. The van der Waals surface area contributed by atoms with E-state index >= 15 is 0 Å². The lowest BCUT2D eigenvalue weighted by Crippen LogP contribution is -2.47. The Morgan fingerprint density at radius 1 is 0.534 bits per heavy atom. The Morgan fingerprint density at radius 3 is 1.48 bits per heavy atom. The van der Waals surface area contributed by atoms with E-state index in [2.05, 4.69) is 85.2 Å². The van der Waals surface area contributed by atoms with Crippen LogP contribution < -0.4 is 10.6 Å². The number of hydrogen-bond acceptors (Lipinski definition) is 6. The zero-order valence-corrected chi connectivity index (χ0v) is 36.8. The number of carboxylic acid groups (broad SMARTS) is 1. The molecule has 0 saturated heterocycles. The molecular formula is C49H84N2O7. The van der Waals surface area contributed by atoms with Gasteiger partial charge in [-0.3, -0.25) is 14.4 Å². The quantitative estimate of drug-likeness (QED) is 0.0273. The van der Waals surface area contributed by atoms with E-state index in [-0.39, 0.29) is 24.5 Å². The summed E-state index contributed by atoms with van der Waals surface area (Å²) in [5.41, 5.74) is 0. The third-order valence-electron chi connectivity index (χ3n) is 10.0. The van der Waals surface area contributed by atoms with Gasteiger partial charge in [0.15, 0.2) is 0 Å². The number of amides is 2. The Hall–Kier alpha value is -3.46. The third kappa shape index (κ3) is 39.4. The first-order chi connectivity index (χ1) is 28.3. The molecule has 2 amide bonds. The molecule has 0 heterocycles. The molecule has 9 heteroatoms. The molecule has 0 spiro atoms. The molecule has 0 aromatic carbocycles. The number of hydrogen-bond donors (Lipinski definition) is 4. The number of nitrogens with one attached hydrogen (secondary N) is 2. The Kier molecular flexibility index (Phi) is 40.6. The van der Waals surface area contributed by atoms with Crippen LogP contribution in [0.5, 0.6) is 0 Å². The normalized spacial score (nSPS) is 13.0. The van der Waals surface area contributed by atoms with Crippen molar-refractivity contribution in [3.63, 3.8) is 0 Å². The van der Waals surface area contributed by atoms with Crippen molar-refractivity contribution >= 4 is 23.8 Å². The number of carbonyl (C=O) groups excluding carboxylic acids is 3. The summed E-state index contributed by atoms with van der Waals surface area (Å²) < 4.78 is 6.02. The van der Waals surface area contributed by atoms with Crippen molar-refractivity contribution in [2.45, 2.75) is 212 Å². The first kappa shape index (κ1) is 54.5. The van der Waals surface area contributed by atoms with Gasteiger partial charge in [-0.05, 0) is 83.5 Å². The predicted octanol–water partition coefficient (Wildman–Crippen LogP) is 11.7. The summed E-state index contributed by atoms with van der Waals surface area (Å²) in [4.78, 5) is 47.6. The maximum Gasteiger partial charge on any atom is 0.328 e. The minimum atomic E-state index is -1.38. The number of unbranched alkanes of at least 4 members (excludes halogenated alkanes) is 17. The summed E-state index contributed by atoms with van der Waals surface area (Å²) in [5, 5.41) is 22.6. The van der Waals surface area contributed by atoms with Crippen molar-refractivity contribution < 1.29 is 34.1 Å². The first-order valence-corrected chi connectivity index (χ1v) is 23.2. The van der Waals surface area contributed by atoms with Crippen molar-refractivity contribution in [2.24, 2.45) is 0 Å². The van der Waals surface area contributed by atoms with E-state index in [9.17, 15) is 19.2 Å². The van der Waals surface area contributed by atoms with Gasteiger partial charge in [-0.15, -0.1) is 0 Å². The van der Waals surface area contributed by atoms with E-state index in [1.807, 2.05) is 0 Å². The molecule has 0 aromatic rings. The first-order valence-electron chi connectivity index (χ1n) is 23.2. The zero-order chi connectivity index (χ0) is 42.6. The largest absolute Gasteiger partial charge is 0.480 e. The van der Waals surface area contributed by atoms with Gasteiger partial charge in [0.1, 0.15) is 12.1 Å². The van der Waals surface area contributed by atoms with Gasteiger partial charge in [0.05, 0.1) is 13.2 Å². The summed E-state index contributed by atoms with van der Waals surface area (Å²) in [6.07, 6.45) is 52.5. The molecule has 0 aliphatic rings. The van der Waals surface area contributed by atoms with Crippen LogP contribution in [0.3, 0.4) is 0 Å². The lowest BCUT2D eigenvalue weighted by Gasteiger charge is -2.18. The molecule has 2 unspecified atom stereocenters. The van der Waals surface area contributed by atoms with Crippen LogP contribution >= 0.6 is 0 Å². The van der Waals surface area contributed by atoms with Crippen molar-refractivity contribution in [1.29, 1.82) is 0 Å². The van der Waals surface area contributed by atoms with Crippen molar-refractivity contribution in [3.8, 4) is 0 Å². The number of aliphatic carboxylic acids is 1. The summed E-state index contributed by atoms with van der Waals surface area (Å²) in [7, 11) is 0. The number of esters is 1. The number of ether oxygens (including phenoxy) is 1. The summed E-state index contributed by atoms with van der Waals surface area (Å²) in [6, 6.07) is -1.38. The zero-order valence-electron chi connectivity index (χ0n) is 36.8.